The van der Waals surface area contributed by atoms with Crippen LogP contribution in [0.3, 0.4) is 0 Å². The molecule has 1 fully saturated rings. The van der Waals surface area contributed by atoms with E-state index in [0.717, 1.165) is 26.2 Å². The minimum absolute atomic E-state index is 0.553. The molecular formula is C19H24N2. The predicted octanol–water partition coefficient (Wildman–Crippen LogP) is 3.71. The van der Waals surface area contributed by atoms with Crippen LogP contribution >= 0.6 is 0 Å². The maximum absolute atomic E-state index is 3.43. The quantitative estimate of drug-likeness (QED) is 0.918. The van der Waals surface area contributed by atoms with Crippen molar-refractivity contribution in [3.05, 3.63) is 60.2 Å². The average Bonchev–Trinajstić information content (AvgIpc) is 2.58. The van der Waals surface area contributed by atoms with Crippen LogP contribution in [-0.4, -0.2) is 31.1 Å². The van der Waals surface area contributed by atoms with Gasteiger partial charge in [-0.05, 0) is 23.1 Å². The Morgan fingerprint density at radius 3 is 2.14 bits per heavy atom. The normalized spacial score (nSPS) is 17.6. The summed E-state index contributed by atoms with van der Waals surface area (Å²) in [6.07, 6.45) is 1.17. The summed E-state index contributed by atoms with van der Waals surface area (Å²) in [5.74, 6) is 0. The molecule has 110 valence electrons. The monoisotopic (exact) mass is 280 g/mol. The first-order valence-corrected chi connectivity index (χ1v) is 7.98. The fourth-order valence-electron chi connectivity index (χ4n) is 3.23. The van der Waals surface area contributed by atoms with Crippen LogP contribution in [0.2, 0.25) is 0 Å². The van der Waals surface area contributed by atoms with E-state index < -0.39 is 0 Å². The van der Waals surface area contributed by atoms with E-state index in [1.165, 1.54) is 23.1 Å². The number of nitrogens with zero attached hydrogens (tertiary/aromatic N) is 1. The zero-order valence-corrected chi connectivity index (χ0v) is 12.8. The van der Waals surface area contributed by atoms with Gasteiger partial charge >= 0.3 is 0 Å². The number of nitrogens with one attached hydrogen (secondary N) is 1. The largest absolute Gasteiger partial charge is 0.314 e. The molecule has 3 rings (SSSR count). The van der Waals surface area contributed by atoms with Gasteiger partial charge in [0, 0.05) is 32.2 Å². The second-order valence-electron chi connectivity index (χ2n) is 5.70. The molecule has 2 heteroatoms. The number of hydrogen-bond donors (Lipinski definition) is 1. The summed E-state index contributed by atoms with van der Waals surface area (Å²) in [7, 11) is 0. The fourth-order valence-corrected chi connectivity index (χ4v) is 3.23. The molecule has 1 N–H and O–H groups in total. The Bertz CT molecular complexity index is 542. The van der Waals surface area contributed by atoms with E-state index in [0.29, 0.717) is 6.04 Å². The Balaban J connectivity index is 1.79. The van der Waals surface area contributed by atoms with Gasteiger partial charge in [-0.1, -0.05) is 61.5 Å². The Labute approximate surface area is 127 Å². The van der Waals surface area contributed by atoms with Gasteiger partial charge in [-0.2, -0.15) is 0 Å². The molecule has 0 amide bonds. The van der Waals surface area contributed by atoms with Crippen LogP contribution in [0.15, 0.2) is 54.6 Å². The second kappa shape index (κ2) is 6.88. The highest BCUT2D eigenvalue weighted by Gasteiger charge is 2.20. The second-order valence-corrected chi connectivity index (χ2v) is 5.70. The highest BCUT2D eigenvalue weighted by atomic mass is 15.2. The smallest absolute Gasteiger partial charge is 0.0346 e. The summed E-state index contributed by atoms with van der Waals surface area (Å²) in [5.41, 5.74) is 4.04. The molecule has 2 aromatic carbocycles. The van der Waals surface area contributed by atoms with Gasteiger partial charge in [-0.15, -0.1) is 0 Å². The third-order valence-electron chi connectivity index (χ3n) is 4.38. The van der Waals surface area contributed by atoms with E-state index in [-0.39, 0.29) is 0 Å². The van der Waals surface area contributed by atoms with Crippen molar-refractivity contribution in [2.24, 2.45) is 0 Å². The number of hydrogen-bond acceptors (Lipinski definition) is 2. The van der Waals surface area contributed by atoms with Gasteiger partial charge in [0.05, 0.1) is 0 Å². The van der Waals surface area contributed by atoms with Crippen molar-refractivity contribution in [3.8, 4) is 11.1 Å². The first-order valence-electron chi connectivity index (χ1n) is 7.98. The first-order chi connectivity index (χ1) is 10.4. The number of rotatable bonds is 4. The summed E-state index contributed by atoms with van der Waals surface area (Å²) in [6.45, 7) is 6.81. The molecule has 1 aliphatic heterocycles. The van der Waals surface area contributed by atoms with Crippen LogP contribution in [0.5, 0.6) is 0 Å². The van der Waals surface area contributed by atoms with Gasteiger partial charge in [0.15, 0.2) is 0 Å². The maximum atomic E-state index is 3.43. The zero-order chi connectivity index (χ0) is 14.5. The molecule has 2 aromatic rings. The summed E-state index contributed by atoms with van der Waals surface area (Å²) in [4.78, 5) is 2.61. The van der Waals surface area contributed by atoms with Crippen LogP contribution in [0.4, 0.5) is 0 Å². The van der Waals surface area contributed by atoms with Crippen molar-refractivity contribution in [2.45, 2.75) is 19.4 Å². The lowest BCUT2D eigenvalue weighted by Gasteiger charge is -2.34. The minimum atomic E-state index is 0.553. The average molecular weight is 280 g/mol. The maximum Gasteiger partial charge on any atom is 0.0346 e. The standard InChI is InChI=1S/C19H24N2/c1-2-19(21-14-12-20-13-15-21)18-10-8-17(9-11-18)16-6-4-3-5-7-16/h3-11,19-20H,2,12-15H2,1H3/t19-/m0/s1. The van der Waals surface area contributed by atoms with E-state index >= 15 is 0 Å². The van der Waals surface area contributed by atoms with Crippen molar-refractivity contribution >= 4 is 0 Å². The molecule has 0 spiro atoms. The van der Waals surface area contributed by atoms with E-state index in [4.69, 9.17) is 0 Å². The lowest BCUT2D eigenvalue weighted by Crippen LogP contribution is -2.45. The van der Waals surface area contributed by atoms with Crippen LogP contribution in [0, 0.1) is 0 Å². The van der Waals surface area contributed by atoms with Gasteiger partial charge in [0.1, 0.15) is 0 Å². The first kappa shape index (κ1) is 14.3. The molecule has 2 nitrogen and oxygen atoms in total. The molecule has 1 heterocycles. The van der Waals surface area contributed by atoms with Crippen LogP contribution in [-0.2, 0) is 0 Å². The minimum Gasteiger partial charge on any atom is -0.314 e. The topological polar surface area (TPSA) is 15.3 Å². The van der Waals surface area contributed by atoms with E-state index in [2.05, 4.69) is 71.7 Å². The predicted molar refractivity (Wildman–Crippen MR) is 89.4 cm³/mol. The van der Waals surface area contributed by atoms with Gasteiger partial charge in [0.2, 0.25) is 0 Å². The summed E-state index contributed by atoms with van der Waals surface area (Å²) < 4.78 is 0. The van der Waals surface area contributed by atoms with Gasteiger partial charge in [-0.25, -0.2) is 0 Å². The summed E-state index contributed by atoms with van der Waals surface area (Å²) in [6, 6.07) is 20.3. The van der Waals surface area contributed by atoms with Crippen molar-refractivity contribution in [1.82, 2.24) is 10.2 Å². The Morgan fingerprint density at radius 2 is 1.52 bits per heavy atom. The lowest BCUT2D eigenvalue weighted by molar-refractivity contribution is 0.169. The molecule has 0 aliphatic carbocycles. The molecule has 0 bridgehead atoms. The fraction of sp³-hybridized carbons (Fsp3) is 0.368. The highest BCUT2D eigenvalue weighted by molar-refractivity contribution is 5.63. The molecule has 0 radical (unpaired) electrons. The van der Waals surface area contributed by atoms with Gasteiger partial charge < -0.3 is 5.32 Å². The number of benzene rings is 2. The summed E-state index contributed by atoms with van der Waals surface area (Å²) in [5, 5.41) is 3.43. The van der Waals surface area contributed by atoms with Crippen molar-refractivity contribution < 1.29 is 0 Å². The molecule has 1 atom stereocenters. The van der Waals surface area contributed by atoms with Gasteiger partial charge in [0.25, 0.3) is 0 Å². The molecule has 0 saturated carbocycles. The lowest BCUT2D eigenvalue weighted by atomic mass is 9.98. The molecule has 21 heavy (non-hydrogen) atoms. The molecule has 1 aliphatic rings. The Hall–Kier alpha value is -1.64. The van der Waals surface area contributed by atoms with Crippen molar-refractivity contribution in [2.75, 3.05) is 26.2 Å². The van der Waals surface area contributed by atoms with Crippen LogP contribution in [0.1, 0.15) is 24.9 Å². The molecule has 1 saturated heterocycles. The van der Waals surface area contributed by atoms with Crippen LogP contribution < -0.4 is 5.32 Å². The van der Waals surface area contributed by atoms with Crippen molar-refractivity contribution in [1.29, 1.82) is 0 Å². The molecular weight excluding hydrogens is 256 g/mol. The molecule has 0 unspecified atom stereocenters. The Morgan fingerprint density at radius 1 is 0.905 bits per heavy atom. The zero-order valence-electron chi connectivity index (χ0n) is 12.8. The van der Waals surface area contributed by atoms with Crippen molar-refractivity contribution in [3.63, 3.8) is 0 Å². The highest BCUT2D eigenvalue weighted by Crippen LogP contribution is 2.27. The molecule has 0 aromatic heterocycles. The third kappa shape index (κ3) is 3.34. The number of piperazine rings is 1. The third-order valence-corrected chi connectivity index (χ3v) is 4.38. The van der Waals surface area contributed by atoms with E-state index in [9.17, 15) is 0 Å². The SMILES string of the molecule is CC[C@@H](c1ccc(-c2ccccc2)cc1)N1CCNCC1. The van der Waals surface area contributed by atoms with E-state index in [1.807, 2.05) is 0 Å². The van der Waals surface area contributed by atoms with E-state index in [1.54, 1.807) is 0 Å². The summed E-state index contributed by atoms with van der Waals surface area (Å²) >= 11 is 0. The van der Waals surface area contributed by atoms with Crippen LogP contribution in [0.25, 0.3) is 11.1 Å². The van der Waals surface area contributed by atoms with Gasteiger partial charge in [-0.3, -0.25) is 4.90 Å². The Kier molecular flexibility index (Phi) is 4.69.